The number of hydrogen-bond acceptors (Lipinski definition) is 16. The van der Waals surface area contributed by atoms with E-state index in [4.69, 9.17) is 33.2 Å². The lowest BCUT2D eigenvalue weighted by molar-refractivity contribution is -0.219. The number of alkyl halides is 2. The van der Waals surface area contributed by atoms with E-state index in [0.717, 1.165) is 11.1 Å². The molecule has 0 aromatic carbocycles. The van der Waals surface area contributed by atoms with Gasteiger partial charge < -0.3 is 53.6 Å². The summed E-state index contributed by atoms with van der Waals surface area (Å²) in [4.78, 5) is 64.4. The molecule has 0 aromatic heterocycles. The molecule has 0 saturated heterocycles. The van der Waals surface area contributed by atoms with Crippen LogP contribution in [0.25, 0.3) is 0 Å². The average molecular weight is 1030 g/mol. The SMILES string of the molecule is C=C1C=C[C@@]2(C)C(=C1)CC[C@H]1[C@@H]3C[C@@H](C)[C@](O)(C(=O)COC(=O)OCCOCCOCCOCCOC(=O)OCC(=O)[C@@]4(O)[C@H](C)C[C@H]5[C@@H]6CCC7=CC(=O)C=C[C@]7(C)[C@@]6(F)[C@@H](O)C[C@@]54C)[C@@]3(C)C[C@H](O)[C@@]12F. The first-order chi connectivity index (χ1) is 34.3. The standard InChI is InChI=1S/C55H74F2O16/c1-32-12-14-48(4)35(24-32)8-10-38-40-25-33(2)54(65,50(40,6)28-42(59)52(38,48)56)44(61)30-72-46(63)70-22-20-68-18-16-67-17-19-69-21-23-71-47(64)73-31-45(62)55(66)34(3)26-41-39-11-9-36-27-37(58)13-15-49(36,5)53(39,57)43(60)29-51(41,55)7/h12-15,24,27,33-34,38-43,59-60,65-66H,1,8-11,16-23,25-26,28-31H2,2-7H3/t33-,34-,38+,39+,40+,41+,42+,43+,48+,49+,50+,51+,52+,53+,54+,55+/m1/s1. The van der Waals surface area contributed by atoms with Crippen molar-refractivity contribution in [2.75, 3.05) is 66.1 Å². The van der Waals surface area contributed by atoms with Crippen LogP contribution in [0.2, 0.25) is 0 Å². The fourth-order valence-corrected chi connectivity index (χ4v) is 15.8. The van der Waals surface area contributed by atoms with Gasteiger partial charge in [-0.2, -0.15) is 0 Å². The van der Waals surface area contributed by atoms with Crippen molar-refractivity contribution in [1.29, 1.82) is 0 Å². The van der Waals surface area contributed by atoms with Crippen LogP contribution < -0.4 is 0 Å². The number of halogens is 2. The second-order valence-corrected chi connectivity index (χ2v) is 23.0. The number of aliphatic hydroxyl groups is 4. The maximum absolute atomic E-state index is 17.5. The number of carbonyl (C=O) groups is 5. The van der Waals surface area contributed by atoms with E-state index in [0.29, 0.717) is 44.1 Å². The molecule has 0 unspecified atom stereocenters. The molecule has 0 bridgehead atoms. The Hall–Kier alpha value is -4.17. The normalized spacial score (nSPS) is 43.0. The highest BCUT2D eigenvalue weighted by molar-refractivity contribution is 6.01. The zero-order valence-electron chi connectivity index (χ0n) is 43.0. The number of ketones is 3. The van der Waals surface area contributed by atoms with Gasteiger partial charge in [0.25, 0.3) is 0 Å². The van der Waals surface area contributed by atoms with Crippen molar-refractivity contribution in [1.82, 2.24) is 0 Å². The van der Waals surface area contributed by atoms with E-state index < -0.39 is 129 Å². The first-order valence-electron chi connectivity index (χ1n) is 25.9. The lowest BCUT2D eigenvalue weighted by Crippen LogP contribution is -2.69. The van der Waals surface area contributed by atoms with E-state index in [9.17, 15) is 44.4 Å². The molecule has 6 fully saturated rings. The summed E-state index contributed by atoms with van der Waals surface area (Å²) >= 11 is 0. The van der Waals surface area contributed by atoms with Crippen LogP contribution >= 0.6 is 0 Å². The highest BCUT2D eigenvalue weighted by Gasteiger charge is 2.77. The topological polar surface area (TPSA) is 231 Å². The summed E-state index contributed by atoms with van der Waals surface area (Å²) in [6.45, 7) is 13.1. The summed E-state index contributed by atoms with van der Waals surface area (Å²) in [5.74, 6) is -5.13. The summed E-state index contributed by atoms with van der Waals surface area (Å²) < 4.78 is 71.5. The minimum atomic E-state index is -2.12. The predicted molar refractivity (Wildman–Crippen MR) is 257 cm³/mol. The van der Waals surface area contributed by atoms with Gasteiger partial charge in [0.05, 0.1) is 51.8 Å². The second kappa shape index (κ2) is 20.1. The van der Waals surface area contributed by atoms with Crippen molar-refractivity contribution in [3.05, 3.63) is 59.8 Å². The molecular weight excluding hydrogens is 955 g/mol. The quantitative estimate of drug-likeness (QED) is 0.0889. The smallest absolute Gasteiger partial charge is 0.432 e. The first-order valence-corrected chi connectivity index (χ1v) is 25.9. The Kier molecular flexibility index (Phi) is 15.1. The van der Waals surface area contributed by atoms with Crippen LogP contribution in [0.15, 0.2) is 59.8 Å². The highest BCUT2D eigenvalue weighted by atomic mass is 19.1. The molecule has 73 heavy (non-hydrogen) atoms. The summed E-state index contributed by atoms with van der Waals surface area (Å²) in [6.07, 6.45) is 6.71. The van der Waals surface area contributed by atoms with E-state index in [1.54, 1.807) is 52.8 Å². The third-order valence-corrected chi connectivity index (χ3v) is 19.7. The zero-order chi connectivity index (χ0) is 53.2. The third-order valence-electron chi connectivity index (χ3n) is 19.7. The van der Waals surface area contributed by atoms with E-state index in [2.05, 4.69) is 6.58 Å². The summed E-state index contributed by atoms with van der Waals surface area (Å²) in [7, 11) is 0. The molecule has 8 rings (SSSR count). The van der Waals surface area contributed by atoms with E-state index in [-0.39, 0.29) is 71.5 Å². The Bertz CT molecular complexity index is 2190. The van der Waals surface area contributed by atoms with Gasteiger partial charge in [0.15, 0.2) is 30.3 Å². The van der Waals surface area contributed by atoms with Crippen LogP contribution in [0.3, 0.4) is 0 Å². The second-order valence-electron chi connectivity index (χ2n) is 23.0. The maximum Gasteiger partial charge on any atom is 0.508 e. The van der Waals surface area contributed by atoms with Crippen molar-refractivity contribution < 1.29 is 86.3 Å². The monoisotopic (exact) mass is 1030 g/mol. The van der Waals surface area contributed by atoms with Crippen LogP contribution in [-0.4, -0.2) is 151 Å². The molecular formula is C55H74F2O16. The largest absolute Gasteiger partial charge is 0.508 e. The molecule has 18 heteroatoms. The number of hydrogen-bond donors (Lipinski definition) is 4. The third kappa shape index (κ3) is 8.51. The number of carbonyl (C=O) groups excluding carboxylic acids is 5. The predicted octanol–water partition coefficient (Wildman–Crippen LogP) is 6.16. The first kappa shape index (κ1) is 55.1. The van der Waals surface area contributed by atoms with Crippen LogP contribution in [0.5, 0.6) is 0 Å². The minimum Gasteiger partial charge on any atom is -0.432 e. The fraction of sp³-hybridized carbons (Fsp3) is 0.727. The molecule has 0 radical (unpaired) electrons. The summed E-state index contributed by atoms with van der Waals surface area (Å²) in [5.41, 5.74) is -10.5. The molecule has 16 nitrogen and oxygen atoms in total. The number of ether oxygens (including phenoxy) is 7. The molecule has 404 valence electrons. The maximum atomic E-state index is 17.5. The lowest BCUT2D eigenvalue weighted by atomic mass is 9.44. The summed E-state index contributed by atoms with van der Waals surface area (Å²) in [5, 5.41) is 47.4. The molecule has 8 aliphatic carbocycles. The summed E-state index contributed by atoms with van der Waals surface area (Å²) in [6, 6.07) is 0. The van der Waals surface area contributed by atoms with Crippen LogP contribution in [0.1, 0.15) is 92.9 Å². The molecule has 6 saturated carbocycles. The van der Waals surface area contributed by atoms with Crippen LogP contribution in [0.4, 0.5) is 18.4 Å². The van der Waals surface area contributed by atoms with Gasteiger partial charge in [-0.05, 0) is 107 Å². The van der Waals surface area contributed by atoms with Crippen LogP contribution in [-0.2, 0) is 47.5 Å². The molecule has 0 heterocycles. The molecule has 8 aliphatic rings. The molecule has 0 aliphatic heterocycles. The van der Waals surface area contributed by atoms with Gasteiger partial charge >= 0.3 is 12.3 Å². The fourth-order valence-electron chi connectivity index (χ4n) is 15.8. The number of fused-ring (bicyclic) bond motifs is 10. The van der Waals surface area contributed by atoms with E-state index in [1.165, 1.54) is 12.2 Å². The van der Waals surface area contributed by atoms with Gasteiger partial charge in [0, 0.05) is 33.5 Å². The zero-order valence-corrected chi connectivity index (χ0v) is 43.0. The van der Waals surface area contributed by atoms with Gasteiger partial charge in [0.2, 0.25) is 11.6 Å². The minimum absolute atomic E-state index is 0.00532. The van der Waals surface area contributed by atoms with Gasteiger partial charge in [-0.1, -0.05) is 69.7 Å². The van der Waals surface area contributed by atoms with Crippen molar-refractivity contribution in [2.45, 2.75) is 128 Å². The Morgan fingerprint density at radius 2 is 0.986 bits per heavy atom. The molecule has 16 atom stereocenters. The Morgan fingerprint density at radius 1 is 0.603 bits per heavy atom. The van der Waals surface area contributed by atoms with Crippen LogP contribution in [0, 0.1) is 57.2 Å². The molecule has 0 aromatic rings. The van der Waals surface area contributed by atoms with Crippen molar-refractivity contribution in [3.63, 3.8) is 0 Å². The van der Waals surface area contributed by atoms with Crippen molar-refractivity contribution in [3.8, 4) is 0 Å². The molecule has 4 N–H and O–H groups in total. The number of aliphatic hydroxyl groups excluding tert-OH is 2. The van der Waals surface area contributed by atoms with E-state index >= 15 is 8.78 Å². The van der Waals surface area contributed by atoms with Gasteiger partial charge in [0.1, 0.15) is 24.4 Å². The Balaban J connectivity index is 0.672. The van der Waals surface area contributed by atoms with E-state index in [1.807, 2.05) is 13.0 Å². The lowest BCUT2D eigenvalue weighted by Gasteiger charge is -2.62. The Morgan fingerprint density at radius 3 is 1.41 bits per heavy atom. The average Bonchev–Trinajstić information content (AvgIpc) is 3.67. The van der Waals surface area contributed by atoms with Gasteiger partial charge in [-0.25, -0.2) is 18.4 Å². The van der Waals surface area contributed by atoms with Gasteiger partial charge in [-0.3, -0.25) is 14.4 Å². The van der Waals surface area contributed by atoms with Gasteiger partial charge in [-0.15, -0.1) is 0 Å². The van der Waals surface area contributed by atoms with Crippen molar-refractivity contribution in [2.24, 2.45) is 57.2 Å². The number of rotatable bonds is 18. The number of allylic oxidation sites excluding steroid dienone is 9. The Labute approximate surface area is 425 Å². The molecule has 0 amide bonds. The van der Waals surface area contributed by atoms with Crippen molar-refractivity contribution >= 4 is 29.7 Å². The molecule has 0 spiro atoms. The highest BCUT2D eigenvalue weighted by Crippen LogP contribution is 2.72. The number of Topliss-reactive ketones (excluding diaryl/α,β-unsaturated/α-hetero) is 2.